The van der Waals surface area contributed by atoms with Crippen LogP contribution in [0.2, 0.25) is 0 Å². The van der Waals surface area contributed by atoms with Crippen molar-refractivity contribution >= 4 is 40.3 Å². The summed E-state index contributed by atoms with van der Waals surface area (Å²) in [5.41, 5.74) is 0. The van der Waals surface area contributed by atoms with Crippen LogP contribution in [0.3, 0.4) is 0 Å². The molecule has 0 amide bonds. The maximum absolute atomic E-state index is 10.6. The average molecular weight is 334 g/mol. The molecule has 2 nitrogen and oxygen atoms in total. The molecule has 15 heavy (non-hydrogen) atoms. The van der Waals surface area contributed by atoms with Gasteiger partial charge in [0.2, 0.25) is 0 Å². The second kappa shape index (κ2) is 6.90. The number of hydrogen-bond donors (Lipinski definition) is 0. The molecule has 4 heteroatoms. The number of carbonyl (C=O) groups is 1. The number of thioether (sulfide) groups is 1. The first kappa shape index (κ1) is 12.6. The van der Waals surface area contributed by atoms with Crippen LogP contribution in [-0.4, -0.2) is 12.6 Å². The zero-order chi connectivity index (χ0) is 11.1. The largest absolute Gasteiger partial charge is 0.461 e. The molecule has 0 saturated carbocycles. The van der Waals surface area contributed by atoms with E-state index in [0.717, 1.165) is 3.58 Å². The van der Waals surface area contributed by atoms with Crippen molar-refractivity contribution in [2.75, 3.05) is 6.61 Å². The third-order valence-electron chi connectivity index (χ3n) is 1.48. The van der Waals surface area contributed by atoms with Gasteiger partial charge in [-0.1, -0.05) is 30.0 Å². The molecule has 0 heterocycles. The van der Waals surface area contributed by atoms with Crippen LogP contribution in [-0.2, 0) is 9.53 Å². The van der Waals surface area contributed by atoms with Crippen molar-refractivity contribution in [2.45, 2.75) is 11.8 Å². The van der Waals surface area contributed by atoms with E-state index in [0.29, 0.717) is 6.61 Å². The molecule has 0 saturated heterocycles. The van der Waals surface area contributed by atoms with Crippen LogP contribution in [0.15, 0.2) is 44.2 Å². The molecule has 0 radical (unpaired) electrons. The second-order valence-corrected chi connectivity index (χ2v) is 5.10. The molecule has 0 fully saturated rings. The maximum Gasteiger partial charge on any atom is 0.302 e. The lowest BCUT2D eigenvalue weighted by Gasteiger charge is -2.00. The summed E-state index contributed by atoms with van der Waals surface area (Å²) in [5.74, 6) is -0.248. The molecule has 0 aliphatic rings. The standard InChI is InChI=1S/C11H11IO2S/c1-9(13)14-7-10(12)8-15-11-5-3-2-4-6-11/h2-6,8H,7H2,1H3/b10-8+. The van der Waals surface area contributed by atoms with Crippen LogP contribution >= 0.6 is 34.4 Å². The predicted octanol–water partition coefficient (Wildman–Crippen LogP) is 3.62. The Morgan fingerprint density at radius 1 is 1.47 bits per heavy atom. The van der Waals surface area contributed by atoms with Gasteiger partial charge in [0.05, 0.1) is 0 Å². The topological polar surface area (TPSA) is 26.3 Å². The summed E-state index contributed by atoms with van der Waals surface area (Å²) in [6, 6.07) is 10.1. The van der Waals surface area contributed by atoms with Gasteiger partial charge in [-0.3, -0.25) is 4.79 Å². The normalized spacial score (nSPS) is 11.2. The van der Waals surface area contributed by atoms with E-state index >= 15 is 0 Å². The molecule has 1 rings (SSSR count). The minimum absolute atomic E-state index is 0.248. The van der Waals surface area contributed by atoms with E-state index in [1.54, 1.807) is 11.8 Å². The lowest BCUT2D eigenvalue weighted by atomic mass is 10.4. The van der Waals surface area contributed by atoms with Crippen LogP contribution in [0.4, 0.5) is 0 Å². The fourth-order valence-corrected chi connectivity index (χ4v) is 2.02. The molecule has 0 spiro atoms. The van der Waals surface area contributed by atoms with Gasteiger partial charge in [-0.2, -0.15) is 0 Å². The van der Waals surface area contributed by atoms with E-state index in [1.165, 1.54) is 11.8 Å². The highest BCUT2D eigenvalue weighted by Crippen LogP contribution is 2.22. The molecular formula is C11H11IO2S. The summed E-state index contributed by atoms with van der Waals surface area (Å²) in [6.07, 6.45) is 0. The van der Waals surface area contributed by atoms with Gasteiger partial charge in [0.15, 0.2) is 0 Å². The summed E-state index contributed by atoms with van der Waals surface area (Å²) in [4.78, 5) is 11.7. The first-order valence-electron chi connectivity index (χ1n) is 4.38. The Bertz CT molecular complexity index is 349. The summed E-state index contributed by atoms with van der Waals surface area (Å²) >= 11 is 3.78. The Labute approximate surface area is 107 Å². The molecule has 0 unspecified atom stereocenters. The molecule has 1 aromatic rings. The Kier molecular flexibility index (Phi) is 5.78. The van der Waals surface area contributed by atoms with Crippen LogP contribution < -0.4 is 0 Å². The molecule has 80 valence electrons. The molecule has 0 aliphatic carbocycles. The van der Waals surface area contributed by atoms with Gasteiger partial charge in [-0.15, -0.1) is 0 Å². The smallest absolute Gasteiger partial charge is 0.302 e. The van der Waals surface area contributed by atoms with Gasteiger partial charge in [0.25, 0.3) is 0 Å². The number of rotatable bonds is 4. The van der Waals surface area contributed by atoms with Gasteiger partial charge >= 0.3 is 5.97 Å². The average Bonchev–Trinajstić information content (AvgIpc) is 2.25. The number of ether oxygens (including phenoxy) is 1. The van der Waals surface area contributed by atoms with Crippen LogP contribution in [0.5, 0.6) is 0 Å². The molecular weight excluding hydrogens is 323 g/mol. The summed E-state index contributed by atoms with van der Waals surface area (Å²) < 4.78 is 5.87. The van der Waals surface area contributed by atoms with Crippen molar-refractivity contribution in [3.63, 3.8) is 0 Å². The van der Waals surface area contributed by atoms with Crippen LogP contribution in [0.25, 0.3) is 0 Å². The Morgan fingerprint density at radius 3 is 2.73 bits per heavy atom. The van der Waals surface area contributed by atoms with Crippen molar-refractivity contribution in [1.82, 2.24) is 0 Å². The summed E-state index contributed by atoms with van der Waals surface area (Å²) in [7, 11) is 0. The van der Waals surface area contributed by atoms with Gasteiger partial charge in [0.1, 0.15) is 6.61 Å². The molecule has 0 N–H and O–H groups in total. The summed E-state index contributed by atoms with van der Waals surface area (Å²) in [5, 5.41) is 1.98. The number of carbonyl (C=O) groups excluding carboxylic acids is 1. The molecule has 1 aromatic carbocycles. The van der Waals surface area contributed by atoms with E-state index in [1.807, 2.05) is 35.7 Å². The predicted molar refractivity (Wildman–Crippen MR) is 71.0 cm³/mol. The van der Waals surface area contributed by atoms with Crippen LogP contribution in [0, 0.1) is 0 Å². The van der Waals surface area contributed by atoms with E-state index in [2.05, 4.69) is 22.6 Å². The lowest BCUT2D eigenvalue weighted by Crippen LogP contribution is -1.99. The number of hydrogen-bond acceptors (Lipinski definition) is 3. The van der Waals surface area contributed by atoms with E-state index in [9.17, 15) is 4.79 Å². The first-order valence-corrected chi connectivity index (χ1v) is 6.34. The Hall–Kier alpha value is -0.490. The minimum Gasteiger partial charge on any atom is -0.461 e. The highest BCUT2D eigenvalue weighted by atomic mass is 127. The van der Waals surface area contributed by atoms with Crippen molar-refractivity contribution in [3.05, 3.63) is 39.3 Å². The molecule has 0 atom stereocenters. The highest BCUT2D eigenvalue weighted by Gasteiger charge is 1.96. The van der Waals surface area contributed by atoms with Crippen molar-refractivity contribution in [1.29, 1.82) is 0 Å². The van der Waals surface area contributed by atoms with Crippen molar-refractivity contribution < 1.29 is 9.53 Å². The third-order valence-corrected chi connectivity index (χ3v) is 3.47. The van der Waals surface area contributed by atoms with E-state index in [-0.39, 0.29) is 5.97 Å². The fraction of sp³-hybridized carbons (Fsp3) is 0.182. The fourth-order valence-electron chi connectivity index (χ4n) is 0.836. The molecule has 0 bridgehead atoms. The zero-order valence-corrected chi connectivity index (χ0v) is 11.2. The highest BCUT2D eigenvalue weighted by molar-refractivity contribution is 14.1. The number of esters is 1. The Morgan fingerprint density at radius 2 is 2.13 bits per heavy atom. The monoisotopic (exact) mass is 334 g/mol. The van der Waals surface area contributed by atoms with Gasteiger partial charge in [0, 0.05) is 15.4 Å². The zero-order valence-electron chi connectivity index (χ0n) is 8.27. The summed E-state index contributed by atoms with van der Waals surface area (Å²) in [6.45, 7) is 1.77. The van der Waals surface area contributed by atoms with Crippen LogP contribution in [0.1, 0.15) is 6.92 Å². The number of halogens is 1. The van der Waals surface area contributed by atoms with Gasteiger partial charge in [-0.25, -0.2) is 0 Å². The second-order valence-electron chi connectivity index (χ2n) is 2.78. The number of benzene rings is 1. The molecule has 0 aromatic heterocycles. The lowest BCUT2D eigenvalue weighted by molar-refractivity contribution is -0.139. The van der Waals surface area contributed by atoms with Crippen molar-refractivity contribution in [2.24, 2.45) is 0 Å². The quantitative estimate of drug-likeness (QED) is 0.478. The third kappa shape index (κ3) is 5.84. The Balaban J connectivity index is 2.40. The first-order chi connectivity index (χ1) is 7.18. The van der Waals surface area contributed by atoms with E-state index in [4.69, 9.17) is 4.74 Å². The molecule has 0 aliphatic heterocycles. The SMILES string of the molecule is CC(=O)OC/C(I)=C\Sc1ccccc1. The van der Waals surface area contributed by atoms with Gasteiger partial charge in [-0.05, 0) is 40.1 Å². The van der Waals surface area contributed by atoms with E-state index < -0.39 is 0 Å². The minimum atomic E-state index is -0.248. The maximum atomic E-state index is 10.6. The van der Waals surface area contributed by atoms with Gasteiger partial charge < -0.3 is 4.74 Å². The van der Waals surface area contributed by atoms with Crippen molar-refractivity contribution in [3.8, 4) is 0 Å².